The Morgan fingerprint density at radius 2 is 1.27 bits per heavy atom. The maximum atomic E-state index is 14.1. The average Bonchev–Trinajstić information content (AvgIpc) is 3.33. The molecule has 0 atom stereocenters. The predicted molar refractivity (Wildman–Crippen MR) is 151 cm³/mol. The average molecular weight is 511 g/mol. The maximum Gasteiger partial charge on any atom is 0.242 e. The first-order valence-corrected chi connectivity index (χ1v) is 13.5. The molecule has 0 spiro atoms. The minimum Gasteiger partial charge on any atom is -0.332 e. The summed E-state index contributed by atoms with van der Waals surface area (Å²) in [6, 6.07) is 33.7. The van der Waals surface area contributed by atoms with Gasteiger partial charge in [-0.3, -0.25) is 9.59 Å². The zero-order valence-electron chi connectivity index (χ0n) is 21.7. The Morgan fingerprint density at radius 3 is 1.76 bits per heavy atom. The summed E-state index contributed by atoms with van der Waals surface area (Å²) < 4.78 is 0. The van der Waals surface area contributed by atoms with Crippen molar-refractivity contribution in [2.75, 3.05) is 6.54 Å². The molecule has 0 bridgehead atoms. The second-order valence-corrected chi connectivity index (χ2v) is 10.9. The van der Waals surface area contributed by atoms with Gasteiger partial charge < -0.3 is 9.80 Å². The smallest absolute Gasteiger partial charge is 0.242 e. The van der Waals surface area contributed by atoms with Crippen LogP contribution in [0.25, 0.3) is 0 Å². The van der Waals surface area contributed by atoms with E-state index in [1.807, 2.05) is 110 Å². The van der Waals surface area contributed by atoms with E-state index in [1.54, 1.807) is 16.2 Å². The van der Waals surface area contributed by atoms with Crippen LogP contribution in [0.2, 0.25) is 0 Å². The Morgan fingerprint density at radius 1 is 0.730 bits per heavy atom. The highest BCUT2D eigenvalue weighted by Crippen LogP contribution is 2.28. The van der Waals surface area contributed by atoms with Gasteiger partial charge in [0.05, 0.1) is 12.5 Å². The fraction of sp³-hybridized carbons (Fsp3) is 0.250. The molecule has 1 heterocycles. The lowest BCUT2D eigenvalue weighted by atomic mass is 9.89. The van der Waals surface area contributed by atoms with Crippen molar-refractivity contribution in [3.05, 3.63) is 130 Å². The number of aryl methyl sites for hydroxylation is 1. The SMILES string of the molecule is Cc1ccc(CN(Cc2ccccc2)C(=O)CN(C(=O)C(c2ccccc2)c2ccccc2)C(C)C)s1. The molecule has 0 saturated heterocycles. The summed E-state index contributed by atoms with van der Waals surface area (Å²) in [6.07, 6.45) is 0. The molecular formula is C32H34N2O2S. The molecule has 0 aliphatic heterocycles. The van der Waals surface area contributed by atoms with Crippen molar-refractivity contribution in [3.8, 4) is 0 Å². The molecule has 0 fully saturated rings. The summed E-state index contributed by atoms with van der Waals surface area (Å²) in [6.45, 7) is 7.07. The van der Waals surface area contributed by atoms with Gasteiger partial charge in [-0.25, -0.2) is 0 Å². The van der Waals surface area contributed by atoms with Crippen LogP contribution in [-0.2, 0) is 22.7 Å². The van der Waals surface area contributed by atoms with Crippen molar-refractivity contribution in [2.24, 2.45) is 0 Å². The second-order valence-electron chi connectivity index (χ2n) is 9.56. The van der Waals surface area contributed by atoms with E-state index in [4.69, 9.17) is 0 Å². The first-order valence-electron chi connectivity index (χ1n) is 12.7. The highest BCUT2D eigenvalue weighted by atomic mass is 32.1. The highest BCUT2D eigenvalue weighted by molar-refractivity contribution is 7.11. The van der Waals surface area contributed by atoms with Crippen LogP contribution in [0.3, 0.4) is 0 Å². The van der Waals surface area contributed by atoms with E-state index in [0.29, 0.717) is 13.1 Å². The van der Waals surface area contributed by atoms with E-state index in [1.165, 1.54) is 4.88 Å². The number of thiophene rings is 1. The molecule has 0 aliphatic rings. The van der Waals surface area contributed by atoms with Crippen LogP contribution < -0.4 is 0 Å². The molecule has 2 amide bonds. The Labute approximate surface area is 224 Å². The molecule has 4 aromatic rings. The van der Waals surface area contributed by atoms with Crippen molar-refractivity contribution in [1.82, 2.24) is 9.80 Å². The lowest BCUT2D eigenvalue weighted by molar-refractivity contribution is -0.143. The fourth-order valence-corrected chi connectivity index (χ4v) is 5.40. The zero-order valence-corrected chi connectivity index (χ0v) is 22.5. The van der Waals surface area contributed by atoms with E-state index in [2.05, 4.69) is 19.1 Å². The van der Waals surface area contributed by atoms with E-state index in [0.717, 1.165) is 21.6 Å². The van der Waals surface area contributed by atoms with Gasteiger partial charge >= 0.3 is 0 Å². The zero-order chi connectivity index (χ0) is 26.2. The van der Waals surface area contributed by atoms with E-state index in [-0.39, 0.29) is 24.4 Å². The Bertz CT molecular complexity index is 1250. The van der Waals surface area contributed by atoms with Crippen molar-refractivity contribution < 1.29 is 9.59 Å². The third-order valence-corrected chi connectivity index (χ3v) is 7.42. The third kappa shape index (κ3) is 6.95. The first-order chi connectivity index (χ1) is 17.9. The molecule has 1 aromatic heterocycles. The van der Waals surface area contributed by atoms with Crippen LogP contribution >= 0.6 is 11.3 Å². The molecule has 4 nitrogen and oxygen atoms in total. The number of amides is 2. The van der Waals surface area contributed by atoms with Gasteiger partial charge in [0.25, 0.3) is 0 Å². The van der Waals surface area contributed by atoms with Gasteiger partial charge in [-0.15, -0.1) is 11.3 Å². The van der Waals surface area contributed by atoms with Gasteiger partial charge in [0.1, 0.15) is 6.54 Å². The molecule has 37 heavy (non-hydrogen) atoms. The molecule has 190 valence electrons. The Balaban J connectivity index is 1.61. The summed E-state index contributed by atoms with van der Waals surface area (Å²) in [5.41, 5.74) is 2.91. The summed E-state index contributed by atoms with van der Waals surface area (Å²) in [5, 5.41) is 0. The molecule has 0 saturated carbocycles. The number of hydrogen-bond acceptors (Lipinski definition) is 3. The van der Waals surface area contributed by atoms with Crippen LogP contribution in [-0.4, -0.2) is 34.2 Å². The van der Waals surface area contributed by atoms with Gasteiger partial charge in [-0.1, -0.05) is 91.0 Å². The topological polar surface area (TPSA) is 40.6 Å². The predicted octanol–water partition coefficient (Wildman–Crippen LogP) is 6.65. The lowest BCUT2D eigenvalue weighted by Gasteiger charge is -2.33. The summed E-state index contributed by atoms with van der Waals surface area (Å²) in [7, 11) is 0. The molecule has 3 aromatic carbocycles. The minimum absolute atomic E-state index is 0.0316. The van der Waals surface area contributed by atoms with Gasteiger partial charge in [0, 0.05) is 22.3 Å². The second kappa shape index (κ2) is 12.5. The molecule has 0 aliphatic carbocycles. The van der Waals surface area contributed by atoms with Crippen molar-refractivity contribution in [1.29, 1.82) is 0 Å². The molecular weight excluding hydrogens is 476 g/mol. The normalized spacial score (nSPS) is 11.1. The summed E-state index contributed by atoms with van der Waals surface area (Å²) >= 11 is 1.70. The lowest BCUT2D eigenvalue weighted by Crippen LogP contribution is -2.47. The van der Waals surface area contributed by atoms with Crippen LogP contribution in [0.4, 0.5) is 0 Å². The molecule has 5 heteroatoms. The standard InChI is InChI=1S/C32H34N2O2S/c1-24(2)34(32(36)31(27-15-9-5-10-16-27)28-17-11-6-12-18-28)23-30(35)33(21-26-13-7-4-8-14-26)22-29-20-19-25(3)37-29/h4-20,24,31H,21-23H2,1-3H3. The fourth-order valence-electron chi connectivity index (χ4n) is 4.49. The van der Waals surface area contributed by atoms with E-state index in [9.17, 15) is 9.59 Å². The molecule has 0 N–H and O–H groups in total. The summed E-state index contributed by atoms with van der Waals surface area (Å²) in [4.78, 5) is 33.9. The van der Waals surface area contributed by atoms with Gasteiger partial charge in [0.2, 0.25) is 11.8 Å². The van der Waals surface area contributed by atoms with E-state index < -0.39 is 5.92 Å². The number of hydrogen-bond donors (Lipinski definition) is 0. The van der Waals surface area contributed by atoms with Crippen molar-refractivity contribution in [2.45, 2.75) is 45.8 Å². The molecule has 0 unspecified atom stereocenters. The Hall–Kier alpha value is -3.70. The number of nitrogens with zero attached hydrogens (tertiary/aromatic N) is 2. The van der Waals surface area contributed by atoms with Crippen LogP contribution in [0.15, 0.2) is 103 Å². The Kier molecular flexibility index (Phi) is 8.91. The first kappa shape index (κ1) is 26.4. The summed E-state index contributed by atoms with van der Waals surface area (Å²) in [5.74, 6) is -0.593. The van der Waals surface area contributed by atoms with Gasteiger partial charge in [-0.05, 0) is 49.6 Å². The number of carbonyl (C=O) groups excluding carboxylic acids is 2. The minimum atomic E-state index is -0.472. The van der Waals surface area contributed by atoms with Crippen LogP contribution in [0.1, 0.15) is 46.2 Å². The molecule has 0 radical (unpaired) electrons. The third-order valence-electron chi connectivity index (χ3n) is 6.44. The highest BCUT2D eigenvalue weighted by Gasteiger charge is 2.31. The van der Waals surface area contributed by atoms with Crippen molar-refractivity contribution >= 4 is 23.2 Å². The van der Waals surface area contributed by atoms with Crippen LogP contribution in [0, 0.1) is 6.92 Å². The number of rotatable bonds is 10. The van der Waals surface area contributed by atoms with Gasteiger partial charge in [-0.2, -0.15) is 0 Å². The van der Waals surface area contributed by atoms with Crippen LogP contribution in [0.5, 0.6) is 0 Å². The monoisotopic (exact) mass is 510 g/mol. The number of carbonyl (C=O) groups is 2. The quantitative estimate of drug-likeness (QED) is 0.240. The maximum absolute atomic E-state index is 14.1. The van der Waals surface area contributed by atoms with Gasteiger partial charge in [0.15, 0.2) is 0 Å². The number of benzene rings is 3. The largest absolute Gasteiger partial charge is 0.332 e. The van der Waals surface area contributed by atoms with Crippen molar-refractivity contribution in [3.63, 3.8) is 0 Å². The van der Waals surface area contributed by atoms with E-state index >= 15 is 0 Å². The molecule has 4 rings (SSSR count).